The van der Waals surface area contributed by atoms with Crippen molar-refractivity contribution in [2.75, 3.05) is 32.7 Å². The lowest BCUT2D eigenvalue weighted by Gasteiger charge is -2.33. The number of carbonyl (C=O) groups is 1. The normalized spacial score (nSPS) is 18.1. The van der Waals surface area contributed by atoms with Crippen molar-refractivity contribution in [1.29, 1.82) is 0 Å². The minimum absolute atomic E-state index is 0.0263. The van der Waals surface area contributed by atoms with E-state index in [1.54, 1.807) is 12.1 Å². The van der Waals surface area contributed by atoms with Crippen LogP contribution in [0.3, 0.4) is 0 Å². The SMILES string of the molecule is CCC(C)NC(=O)CN1CCN(S(=O)(=O)c2ccc(Br)cc2Cl)CC1. The number of carbonyl (C=O) groups excluding carboxylic acids is 1. The molecule has 1 N–H and O–H groups in total. The molecule has 0 saturated carbocycles. The van der Waals surface area contributed by atoms with Crippen molar-refractivity contribution >= 4 is 43.5 Å². The van der Waals surface area contributed by atoms with Gasteiger partial charge in [0.2, 0.25) is 15.9 Å². The second kappa shape index (κ2) is 8.81. The topological polar surface area (TPSA) is 69.7 Å². The van der Waals surface area contributed by atoms with E-state index in [1.807, 2.05) is 18.7 Å². The first-order valence-electron chi connectivity index (χ1n) is 8.21. The Morgan fingerprint density at radius 1 is 1.32 bits per heavy atom. The highest BCUT2D eigenvalue weighted by molar-refractivity contribution is 9.10. The fraction of sp³-hybridized carbons (Fsp3) is 0.562. The summed E-state index contributed by atoms with van der Waals surface area (Å²) in [7, 11) is -3.63. The van der Waals surface area contributed by atoms with Crippen molar-refractivity contribution in [2.24, 2.45) is 0 Å². The van der Waals surface area contributed by atoms with Gasteiger partial charge in [-0.05, 0) is 31.5 Å². The van der Waals surface area contributed by atoms with Crippen molar-refractivity contribution < 1.29 is 13.2 Å². The summed E-state index contributed by atoms with van der Waals surface area (Å²) in [6, 6.07) is 4.89. The summed E-state index contributed by atoms with van der Waals surface area (Å²) in [6.45, 7) is 5.97. The van der Waals surface area contributed by atoms with Crippen molar-refractivity contribution in [3.05, 3.63) is 27.7 Å². The summed E-state index contributed by atoms with van der Waals surface area (Å²) >= 11 is 9.37. The van der Waals surface area contributed by atoms with Crippen LogP contribution < -0.4 is 5.32 Å². The molecule has 9 heteroatoms. The Bertz CT molecular complexity index is 721. The van der Waals surface area contributed by atoms with E-state index in [1.165, 1.54) is 10.4 Å². The predicted molar refractivity (Wildman–Crippen MR) is 102 cm³/mol. The van der Waals surface area contributed by atoms with Crippen LogP contribution in [0.5, 0.6) is 0 Å². The molecule has 1 unspecified atom stereocenters. The average molecular weight is 453 g/mol. The number of halogens is 2. The second-order valence-electron chi connectivity index (χ2n) is 6.13. The molecule has 1 saturated heterocycles. The van der Waals surface area contributed by atoms with Gasteiger partial charge in [0.15, 0.2) is 0 Å². The van der Waals surface area contributed by atoms with Gasteiger partial charge in [-0.15, -0.1) is 0 Å². The molecule has 1 aliphatic heterocycles. The minimum Gasteiger partial charge on any atom is -0.353 e. The zero-order valence-electron chi connectivity index (χ0n) is 14.3. The van der Waals surface area contributed by atoms with E-state index in [-0.39, 0.29) is 28.4 Å². The lowest BCUT2D eigenvalue weighted by Crippen LogP contribution is -2.51. The molecule has 0 aliphatic carbocycles. The van der Waals surface area contributed by atoms with Crippen LogP contribution in [0.15, 0.2) is 27.6 Å². The molecule has 1 atom stereocenters. The summed E-state index contributed by atoms with van der Waals surface area (Å²) < 4.78 is 27.7. The van der Waals surface area contributed by atoms with Gasteiger partial charge in [0.25, 0.3) is 0 Å². The monoisotopic (exact) mass is 451 g/mol. The van der Waals surface area contributed by atoms with Crippen LogP contribution in [0.2, 0.25) is 5.02 Å². The van der Waals surface area contributed by atoms with Crippen molar-refractivity contribution in [2.45, 2.75) is 31.2 Å². The van der Waals surface area contributed by atoms with Gasteiger partial charge in [-0.1, -0.05) is 34.5 Å². The van der Waals surface area contributed by atoms with Crippen LogP contribution in [0.4, 0.5) is 0 Å². The Labute approximate surface area is 162 Å². The molecule has 25 heavy (non-hydrogen) atoms. The maximum atomic E-state index is 12.8. The van der Waals surface area contributed by atoms with Crippen LogP contribution in [-0.2, 0) is 14.8 Å². The largest absolute Gasteiger partial charge is 0.353 e. The first kappa shape index (κ1) is 20.6. The van der Waals surface area contributed by atoms with Gasteiger partial charge in [-0.2, -0.15) is 4.31 Å². The molecule has 1 amide bonds. The first-order chi connectivity index (χ1) is 11.7. The zero-order valence-corrected chi connectivity index (χ0v) is 17.5. The van der Waals surface area contributed by atoms with E-state index in [4.69, 9.17) is 11.6 Å². The molecular formula is C16H23BrClN3O3S. The van der Waals surface area contributed by atoms with Crippen molar-refractivity contribution in [1.82, 2.24) is 14.5 Å². The molecule has 0 spiro atoms. The Hall–Kier alpha value is -0.670. The van der Waals surface area contributed by atoms with E-state index in [9.17, 15) is 13.2 Å². The number of rotatable bonds is 6. The smallest absolute Gasteiger partial charge is 0.244 e. The van der Waals surface area contributed by atoms with E-state index in [2.05, 4.69) is 21.2 Å². The van der Waals surface area contributed by atoms with Gasteiger partial charge in [0.1, 0.15) is 4.90 Å². The predicted octanol–water partition coefficient (Wildman–Crippen LogP) is 2.32. The van der Waals surface area contributed by atoms with Crippen LogP contribution >= 0.6 is 27.5 Å². The van der Waals surface area contributed by atoms with E-state index >= 15 is 0 Å². The number of hydrogen-bond acceptors (Lipinski definition) is 4. The summed E-state index contributed by atoms with van der Waals surface area (Å²) in [5.41, 5.74) is 0. The molecular weight excluding hydrogens is 430 g/mol. The summed E-state index contributed by atoms with van der Waals surface area (Å²) in [6.07, 6.45) is 0.881. The molecule has 0 radical (unpaired) electrons. The van der Waals surface area contributed by atoms with Crippen LogP contribution in [0, 0.1) is 0 Å². The number of piperazine rings is 1. The first-order valence-corrected chi connectivity index (χ1v) is 10.8. The van der Waals surface area contributed by atoms with Gasteiger partial charge in [0, 0.05) is 36.7 Å². The molecule has 2 rings (SSSR count). The van der Waals surface area contributed by atoms with Crippen LogP contribution in [-0.4, -0.2) is 62.3 Å². The summed E-state index contributed by atoms with van der Waals surface area (Å²) in [5.74, 6) is -0.0263. The third kappa shape index (κ3) is 5.40. The van der Waals surface area contributed by atoms with Crippen LogP contribution in [0.1, 0.15) is 20.3 Å². The molecule has 1 aromatic carbocycles. The van der Waals surface area contributed by atoms with E-state index in [0.717, 1.165) is 10.9 Å². The average Bonchev–Trinajstić information content (AvgIpc) is 2.54. The molecule has 1 aliphatic rings. The fourth-order valence-corrected chi connectivity index (χ4v) is 5.01. The third-order valence-corrected chi connectivity index (χ3v) is 7.10. The highest BCUT2D eigenvalue weighted by Gasteiger charge is 2.30. The Morgan fingerprint density at radius 3 is 2.52 bits per heavy atom. The number of nitrogens with zero attached hydrogens (tertiary/aromatic N) is 2. The third-order valence-electron chi connectivity index (χ3n) is 4.23. The summed E-state index contributed by atoms with van der Waals surface area (Å²) in [5, 5.41) is 3.12. The lowest BCUT2D eigenvalue weighted by molar-refractivity contribution is -0.123. The number of sulfonamides is 1. The highest BCUT2D eigenvalue weighted by atomic mass is 79.9. The summed E-state index contributed by atoms with van der Waals surface area (Å²) in [4.78, 5) is 14.0. The quantitative estimate of drug-likeness (QED) is 0.719. The molecule has 0 aromatic heterocycles. The molecule has 0 bridgehead atoms. The molecule has 1 heterocycles. The zero-order chi connectivity index (χ0) is 18.6. The van der Waals surface area contributed by atoms with Crippen molar-refractivity contribution in [3.8, 4) is 0 Å². The van der Waals surface area contributed by atoms with Gasteiger partial charge in [-0.25, -0.2) is 8.42 Å². The van der Waals surface area contributed by atoms with E-state index < -0.39 is 10.0 Å². The maximum absolute atomic E-state index is 12.8. The van der Waals surface area contributed by atoms with Gasteiger partial charge >= 0.3 is 0 Å². The second-order valence-corrected chi connectivity index (χ2v) is 9.36. The fourth-order valence-electron chi connectivity index (χ4n) is 2.58. The van der Waals surface area contributed by atoms with E-state index in [0.29, 0.717) is 26.2 Å². The Balaban J connectivity index is 1.96. The van der Waals surface area contributed by atoms with Gasteiger partial charge < -0.3 is 5.32 Å². The number of hydrogen-bond donors (Lipinski definition) is 1. The Morgan fingerprint density at radius 2 is 1.96 bits per heavy atom. The molecule has 6 nitrogen and oxygen atoms in total. The minimum atomic E-state index is -3.63. The highest BCUT2D eigenvalue weighted by Crippen LogP contribution is 2.28. The maximum Gasteiger partial charge on any atom is 0.244 e. The molecule has 140 valence electrons. The van der Waals surface area contributed by atoms with Crippen LogP contribution in [0.25, 0.3) is 0 Å². The lowest BCUT2D eigenvalue weighted by atomic mass is 10.2. The molecule has 1 aromatic rings. The van der Waals surface area contributed by atoms with Gasteiger partial charge in [-0.3, -0.25) is 9.69 Å². The number of benzene rings is 1. The number of nitrogens with one attached hydrogen (secondary N) is 1. The van der Waals surface area contributed by atoms with Crippen molar-refractivity contribution in [3.63, 3.8) is 0 Å². The molecule has 1 fully saturated rings. The Kier molecular flexibility index (Phi) is 7.28. The number of amides is 1. The standard InChI is InChI=1S/C16H23BrClN3O3S/c1-3-12(2)19-16(22)11-20-6-8-21(9-7-20)25(23,24)15-5-4-13(17)10-14(15)18/h4-5,10,12H,3,6-9,11H2,1-2H3,(H,19,22). The van der Waals surface area contributed by atoms with Gasteiger partial charge in [0.05, 0.1) is 11.6 Å².